The number of nitrogens with one attached hydrogen (secondary N) is 1. The normalized spacial score (nSPS) is 18.8. The lowest BCUT2D eigenvalue weighted by Gasteiger charge is -2.28. The summed E-state index contributed by atoms with van der Waals surface area (Å²) in [5.74, 6) is -0.101. The van der Waals surface area contributed by atoms with Crippen LogP contribution >= 0.6 is 11.8 Å². The van der Waals surface area contributed by atoms with Gasteiger partial charge in [0, 0.05) is 18.0 Å². The number of rotatable bonds is 5. The number of hydrogen-bond acceptors (Lipinski definition) is 6. The molecule has 2 heterocycles. The lowest BCUT2D eigenvalue weighted by atomic mass is 10.2. The minimum absolute atomic E-state index is 0.0290. The molecule has 25 heavy (non-hydrogen) atoms. The molecule has 1 aliphatic heterocycles. The third kappa shape index (κ3) is 4.49. The van der Waals surface area contributed by atoms with E-state index in [1.165, 1.54) is 12.3 Å². The molecule has 0 bridgehead atoms. The predicted octanol–water partition coefficient (Wildman–Crippen LogP) is 1.08. The number of aromatic nitrogens is 2. The molecule has 1 N–H and O–H groups in total. The van der Waals surface area contributed by atoms with E-state index in [2.05, 4.69) is 9.97 Å². The highest BCUT2D eigenvalue weighted by atomic mass is 32.2. The van der Waals surface area contributed by atoms with Crippen LogP contribution in [0.5, 0.6) is 0 Å². The van der Waals surface area contributed by atoms with Crippen molar-refractivity contribution in [3.8, 4) is 0 Å². The van der Waals surface area contributed by atoms with E-state index in [-0.39, 0.29) is 34.8 Å². The van der Waals surface area contributed by atoms with E-state index in [9.17, 15) is 18.0 Å². The van der Waals surface area contributed by atoms with Crippen LogP contribution in [0.3, 0.4) is 0 Å². The molecule has 1 atom stereocenters. The smallest absolute Gasteiger partial charge is 0.251 e. The van der Waals surface area contributed by atoms with Gasteiger partial charge in [-0.3, -0.25) is 9.59 Å². The Morgan fingerprint density at radius 2 is 2.04 bits per heavy atom. The van der Waals surface area contributed by atoms with Crippen molar-refractivity contribution < 1.29 is 13.2 Å². The molecule has 132 valence electrons. The molecule has 3 rings (SSSR count). The summed E-state index contributed by atoms with van der Waals surface area (Å²) in [7, 11) is -3.12. The van der Waals surface area contributed by atoms with E-state index < -0.39 is 9.84 Å². The maximum atomic E-state index is 12.8. The summed E-state index contributed by atoms with van der Waals surface area (Å²) in [6.07, 6.45) is 1.80. The minimum atomic E-state index is -3.12. The molecule has 0 aliphatic carbocycles. The van der Waals surface area contributed by atoms with Gasteiger partial charge in [0.25, 0.3) is 5.56 Å². The molecular formula is C16H17N3O4S2. The Balaban J connectivity index is 1.79. The minimum Gasteiger partial charge on any atom is -0.308 e. The monoisotopic (exact) mass is 379 g/mol. The van der Waals surface area contributed by atoms with Gasteiger partial charge in [0.2, 0.25) is 5.91 Å². The van der Waals surface area contributed by atoms with E-state index in [0.29, 0.717) is 17.3 Å². The van der Waals surface area contributed by atoms with E-state index in [1.807, 2.05) is 18.2 Å². The van der Waals surface area contributed by atoms with Crippen LogP contribution in [0.25, 0.3) is 0 Å². The molecule has 0 radical (unpaired) electrons. The molecule has 0 spiro atoms. The van der Waals surface area contributed by atoms with Gasteiger partial charge in [0.15, 0.2) is 15.0 Å². The summed E-state index contributed by atoms with van der Waals surface area (Å²) >= 11 is 1.12. The molecule has 1 saturated heterocycles. The molecule has 2 aromatic rings. The predicted molar refractivity (Wildman–Crippen MR) is 96.6 cm³/mol. The maximum Gasteiger partial charge on any atom is 0.251 e. The van der Waals surface area contributed by atoms with Crippen molar-refractivity contribution in [3.05, 3.63) is 52.9 Å². The van der Waals surface area contributed by atoms with Crippen LogP contribution in [-0.4, -0.2) is 47.6 Å². The molecule has 1 fully saturated rings. The second-order valence-electron chi connectivity index (χ2n) is 5.68. The fourth-order valence-electron chi connectivity index (χ4n) is 2.75. The zero-order chi connectivity index (χ0) is 17.9. The topological polar surface area (TPSA) is 100 Å². The van der Waals surface area contributed by atoms with Crippen molar-refractivity contribution in [2.24, 2.45) is 0 Å². The van der Waals surface area contributed by atoms with Crippen LogP contribution in [0.15, 0.2) is 52.5 Å². The van der Waals surface area contributed by atoms with Crippen molar-refractivity contribution in [1.29, 1.82) is 0 Å². The first-order valence-corrected chi connectivity index (χ1v) is 10.5. The Bertz CT molecular complexity index is 912. The Morgan fingerprint density at radius 3 is 2.68 bits per heavy atom. The lowest BCUT2D eigenvalue weighted by Crippen LogP contribution is -2.42. The first kappa shape index (κ1) is 17.7. The van der Waals surface area contributed by atoms with E-state index >= 15 is 0 Å². The van der Waals surface area contributed by atoms with Crippen LogP contribution in [0.4, 0.5) is 5.69 Å². The summed E-state index contributed by atoms with van der Waals surface area (Å²) in [5.41, 5.74) is 0.386. The third-order valence-electron chi connectivity index (χ3n) is 3.86. The van der Waals surface area contributed by atoms with Gasteiger partial charge >= 0.3 is 0 Å². The number of carbonyl (C=O) groups excluding carboxylic acids is 1. The first-order valence-electron chi connectivity index (χ1n) is 7.70. The Hall–Kier alpha value is -2.13. The largest absolute Gasteiger partial charge is 0.308 e. The summed E-state index contributed by atoms with van der Waals surface area (Å²) < 4.78 is 23.6. The number of aromatic amines is 1. The second-order valence-corrected chi connectivity index (χ2v) is 8.88. The van der Waals surface area contributed by atoms with Crippen LogP contribution < -0.4 is 10.5 Å². The van der Waals surface area contributed by atoms with Crippen molar-refractivity contribution in [1.82, 2.24) is 9.97 Å². The van der Waals surface area contributed by atoms with Crippen LogP contribution in [-0.2, 0) is 14.6 Å². The van der Waals surface area contributed by atoms with Crippen LogP contribution in [0, 0.1) is 0 Å². The van der Waals surface area contributed by atoms with Crippen molar-refractivity contribution >= 4 is 33.2 Å². The maximum absolute atomic E-state index is 12.8. The van der Waals surface area contributed by atoms with Gasteiger partial charge in [0.05, 0.1) is 23.3 Å². The van der Waals surface area contributed by atoms with Gasteiger partial charge in [-0.25, -0.2) is 13.4 Å². The van der Waals surface area contributed by atoms with Crippen molar-refractivity contribution in [3.63, 3.8) is 0 Å². The highest BCUT2D eigenvalue weighted by molar-refractivity contribution is 7.99. The fourth-order valence-corrected chi connectivity index (χ4v) is 5.16. The summed E-state index contributed by atoms with van der Waals surface area (Å²) in [5, 5.41) is 0.355. The Labute approximate surface area is 149 Å². The average Bonchev–Trinajstić information content (AvgIpc) is 2.94. The van der Waals surface area contributed by atoms with E-state index in [4.69, 9.17) is 0 Å². The highest BCUT2D eigenvalue weighted by Crippen LogP contribution is 2.26. The summed E-state index contributed by atoms with van der Waals surface area (Å²) in [6, 6.07) is 9.96. The van der Waals surface area contributed by atoms with Crippen molar-refractivity contribution in [2.75, 3.05) is 22.2 Å². The number of sulfone groups is 1. The zero-order valence-corrected chi connectivity index (χ0v) is 14.9. The molecule has 7 nitrogen and oxygen atoms in total. The van der Waals surface area contributed by atoms with Gasteiger partial charge in [-0.1, -0.05) is 30.0 Å². The lowest BCUT2D eigenvalue weighted by molar-refractivity contribution is -0.116. The zero-order valence-electron chi connectivity index (χ0n) is 13.3. The summed E-state index contributed by atoms with van der Waals surface area (Å²) in [6.45, 7) is 0. The van der Waals surface area contributed by atoms with Crippen molar-refractivity contribution in [2.45, 2.75) is 17.6 Å². The van der Waals surface area contributed by atoms with E-state index in [0.717, 1.165) is 11.8 Å². The van der Waals surface area contributed by atoms with Crippen LogP contribution in [0.1, 0.15) is 6.42 Å². The Kier molecular flexibility index (Phi) is 5.24. The quantitative estimate of drug-likeness (QED) is 0.616. The number of carbonyl (C=O) groups is 1. The number of hydrogen-bond donors (Lipinski definition) is 1. The van der Waals surface area contributed by atoms with Gasteiger partial charge in [-0.15, -0.1) is 0 Å². The standard InChI is InChI=1S/C16H17N3O4S2/c20-14-6-8-17-16(18-14)24-10-15(21)19(12-4-2-1-3-5-12)13-7-9-25(22,23)11-13/h1-6,8,13H,7,9-11H2,(H,17,18,20)/t13-/m0/s1. The van der Waals surface area contributed by atoms with Gasteiger partial charge in [0.1, 0.15) is 0 Å². The number of para-hydroxylation sites is 1. The van der Waals surface area contributed by atoms with Crippen LogP contribution in [0.2, 0.25) is 0 Å². The molecule has 0 saturated carbocycles. The SMILES string of the molecule is O=C(CSc1nccc(=O)[nH]1)N(c1ccccc1)[C@H]1CCS(=O)(=O)C1. The summed E-state index contributed by atoms with van der Waals surface area (Å²) in [4.78, 5) is 32.2. The first-order chi connectivity index (χ1) is 11.9. The number of thioether (sulfide) groups is 1. The second kappa shape index (κ2) is 7.40. The number of benzene rings is 1. The third-order valence-corrected chi connectivity index (χ3v) is 6.48. The van der Waals surface area contributed by atoms with E-state index in [1.54, 1.807) is 17.0 Å². The fraction of sp³-hybridized carbons (Fsp3) is 0.312. The van der Waals surface area contributed by atoms with Gasteiger partial charge in [-0.2, -0.15) is 0 Å². The number of nitrogens with zero attached hydrogens (tertiary/aromatic N) is 2. The molecule has 1 amide bonds. The Morgan fingerprint density at radius 1 is 1.28 bits per heavy atom. The molecule has 1 aliphatic rings. The number of anilines is 1. The number of amides is 1. The molecule has 9 heteroatoms. The number of H-pyrrole nitrogens is 1. The highest BCUT2D eigenvalue weighted by Gasteiger charge is 2.35. The molecule has 1 aromatic carbocycles. The molecule has 1 aromatic heterocycles. The average molecular weight is 379 g/mol. The molecule has 0 unspecified atom stereocenters. The van der Waals surface area contributed by atoms with Gasteiger partial charge in [-0.05, 0) is 18.6 Å². The molecular weight excluding hydrogens is 362 g/mol. The van der Waals surface area contributed by atoms with Gasteiger partial charge < -0.3 is 9.88 Å².